The predicted molar refractivity (Wildman–Crippen MR) is 75.0 cm³/mol. The van der Waals surface area contributed by atoms with Crippen molar-refractivity contribution in [1.29, 1.82) is 0 Å². The number of carboxylic acid groups (broad SMARTS) is 1. The summed E-state index contributed by atoms with van der Waals surface area (Å²) in [5.41, 5.74) is -0.522. The molecule has 2 atom stereocenters. The highest BCUT2D eigenvalue weighted by Crippen LogP contribution is 2.19. The SMILES string of the molecule is CSCCC(C)NC(=O)N[C@H](C(=O)O)C(C)(C)C. The van der Waals surface area contributed by atoms with Crippen LogP contribution in [0.25, 0.3) is 0 Å². The highest BCUT2D eigenvalue weighted by molar-refractivity contribution is 7.98. The molecule has 0 saturated carbocycles. The van der Waals surface area contributed by atoms with E-state index in [-0.39, 0.29) is 6.04 Å². The van der Waals surface area contributed by atoms with Gasteiger partial charge >= 0.3 is 12.0 Å². The third-order valence-electron chi connectivity index (χ3n) is 2.52. The zero-order chi connectivity index (χ0) is 14.3. The first-order valence-corrected chi connectivity index (χ1v) is 7.36. The number of hydrogen-bond acceptors (Lipinski definition) is 3. The van der Waals surface area contributed by atoms with Gasteiger partial charge in [0.1, 0.15) is 6.04 Å². The van der Waals surface area contributed by atoms with E-state index in [1.807, 2.05) is 13.2 Å². The molecule has 6 heteroatoms. The number of nitrogens with one attached hydrogen (secondary N) is 2. The van der Waals surface area contributed by atoms with Gasteiger partial charge in [0.2, 0.25) is 0 Å². The second kappa shape index (κ2) is 7.51. The molecule has 1 unspecified atom stereocenters. The van der Waals surface area contributed by atoms with Crippen molar-refractivity contribution in [3.8, 4) is 0 Å². The second-order valence-corrected chi connectivity index (χ2v) is 6.42. The third-order valence-corrected chi connectivity index (χ3v) is 3.16. The first-order valence-electron chi connectivity index (χ1n) is 5.97. The van der Waals surface area contributed by atoms with E-state index < -0.39 is 23.5 Å². The molecule has 0 aliphatic carbocycles. The number of aliphatic carboxylic acids is 1. The standard InChI is InChI=1S/C12H24N2O3S/c1-8(6-7-18-5)13-11(17)14-9(10(15)16)12(2,3)4/h8-9H,6-7H2,1-5H3,(H,15,16)(H2,13,14,17)/t8?,9-/m1/s1. The van der Waals surface area contributed by atoms with Crippen LogP contribution < -0.4 is 10.6 Å². The highest BCUT2D eigenvalue weighted by atomic mass is 32.2. The molecule has 5 nitrogen and oxygen atoms in total. The minimum atomic E-state index is -1.02. The molecule has 0 aromatic carbocycles. The third kappa shape index (κ3) is 6.74. The van der Waals surface area contributed by atoms with Gasteiger partial charge in [0.05, 0.1) is 0 Å². The van der Waals surface area contributed by atoms with Crippen LogP contribution in [0, 0.1) is 5.41 Å². The minimum Gasteiger partial charge on any atom is -0.480 e. The molecule has 18 heavy (non-hydrogen) atoms. The van der Waals surface area contributed by atoms with Crippen LogP contribution in [-0.2, 0) is 4.79 Å². The smallest absolute Gasteiger partial charge is 0.326 e. The molecule has 0 aliphatic rings. The van der Waals surface area contributed by atoms with Crippen LogP contribution in [0.3, 0.4) is 0 Å². The van der Waals surface area contributed by atoms with E-state index in [0.29, 0.717) is 0 Å². The van der Waals surface area contributed by atoms with Crippen LogP contribution in [0.15, 0.2) is 0 Å². The van der Waals surface area contributed by atoms with Gasteiger partial charge in [0.15, 0.2) is 0 Å². The summed E-state index contributed by atoms with van der Waals surface area (Å²) in [6, 6.07) is -1.29. The maximum atomic E-state index is 11.7. The lowest BCUT2D eigenvalue weighted by Gasteiger charge is -2.28. The Bertz CT molecular complexity index is 290. The zero-order valence-electron chi connectivity index (χ0n) is 11.7. The van der Waals surface area contributed by atoms with Gasteiger partial charge in [-0.2, -0.15) is 11.8 Å². The Morgan fingerprint density at radius 2 is 1.83 bits per heavy atom. The fourth-order valence-electron chi connectivity index (χ4n) is 1.41. The molecule has 0 spiro atoms. The van der Waals surface area contributed by atoms with Gasteiger partial charge < -0.3 is 15.7 Å². The van der Waals surface area contributed by atoms with Crippen LogP contribution >= 0.6 is 11.8 Å². The lowest BCUT2D eigenvalue weighted by Crippen LogP contribution is -2.53. The van der Waals surface area contributed by atoms with E-state index >= 15 is 0 Å². The molecule has 0 heterocycles. The molecule has 0 aliphatic heterocycles. The van der Waals surface area contributed by atoms with Gasteiger partial charge in [-0.1, -0.05) is 20.8 Å². The van der Waals surface area contributed by atoms with Gasteiger partial charge in [-0.15, -0.1) is 0 Å². The Morgan fingerprint density at radius 3 is 2.22 bits per heavy atom. The number of rotatable bonds is 6. The number of carbonyl (C=O) groups is 2. The first kappa shape index (κ1) is 17.1. The van der Waals surface area contributed by atoms with Crippen LogP contribution in [0.2, 0.25) is 0 Å². The fraction of sp³-hybridized carbons (Fsp3) is 0.833. The van der Waals surface area contributed by atoms with Crippen molar-refractivity contribution in [2.75, 3.05) is 12.0 Å². The molecule has 0 saturated heterocycles. The molecule has 3 N–H and O–H groups in total. The summed E-state index contributed by atoms with van der Waals surface area (Å²) in [5.74, 6) is -0.0577. The van der Waals surface area contributed by atoms with Crippen molar-refractivity contribution in [3.05, 3.63) is 0 Å². The molecule has 0 bridgehead atoms. The molecular formula is C12H24N2O3S. The van der Waals surface area contributed by atoms with E-state index in [1.54, 1.807) is 32.5 Å². The molecule has 106 valence electrons. The second-order valence-electron chi connectivity index (χ2n) is 5.44. The summed E-state index contributed by atoms with van der Waals surface area (Å²) in [6.45, 7) is 7.25. The van der Waals surface area contributed by atoms with E-state index in [4.69, 9.17) is 5.11 Å². The normalized spacial score (nSPS) is 14.7. The summed E-state index contributed by atoms with van der Waals surface area (Å²) in [5, 5.41) is 14.3. The van der Waals surface area contributed by atoms with Gasteiger partial charge in [-0.25, -0.2) is 9.59 Å². The number of thioether (sulfide) groups is 1. The average molecular weight is 276 g/mol. The van der Waals surface area contributed by atoms with Crippen LogP contribution in [0.4, 0.5) is 4.79 Å². The number of carbonyl (C=O) groups excluding carboxylic acids is 1. The summed E-state index contributed by atoms with van der Waals surface area (Å²) in [6.07, 6.45) is 2.87. The summed E-state index contributed by atoms with van der Waals surface area (Å²) in [7, 11) is 0. The number of hydrogen-bond donors (Lipinski definition) is 3. The molecule has 0 fully saturated rings. The zero-order valence-corrected chi connectivity index (χ0v) is 12.6. The van der Waals surface area contributed by atoms with Crippen molar-refractivity contribution in [1.82, 2.24) is 10.6 Å². The Hall–Kier alpha value is -0.910. The molecule has 2 amide bonds. The maximum absolute atomic E-state index is 11.7. The topological polar surface area (TPSA) is 78.4 Å². The monoisotopic (exact) mass is 276 g/mol. The molecular weight excluding hydrogens is 252 g/mol. The predicted octanol–water partition coefficient (Wildman–Crippen LogP) is 1.93. The Balaban J connectivity index is 4.31. The minimum absolute atomic E-state index is 0.0341. The van der Waals surface area contributed by atoms with Gasteiger partial charge in [-0.05, 0) is 30.8 Å². The number of amides is 2. The average Bonchev–Trinajstić information content (AvgIpc) is 2.21. The lowest BCUT2D eigenvalue weighted by atomic mass is 9.87. The van der Waals surface area contributed by atoms with E-state index in [0.717, 1.165) is 12.2 Å². The summed E-state index contributed by atoms with van der Waals surface area (Å²) in [4.78, 5) is 22.8. The summed E-state index contributed by atoms with van der Waals surface area (Å²) >= 11 is 1.71. The Kier molecular flexibility index (Phi) is 7.13. The van der Waals surface area contributed by atoms with Gasteiger partial charge in [-0.3, -0.25) is 0 Å². The highest BCUT2D eigenvalue weighted by Gasteiger charge is 2.32. The molecule has 0 rings (SSSR count). The molecule has 0 aromatic rings. The Labute approximate surface area is 113 Å². The van der Waals surface area contributed by atoms with Crippen LogP contribution in [0.5, 0.6) is 0 Å². The number of urea groups is 1. The number of carboxylic acids is 1. The van der Waals surface area contributed by atoms with E-state index in [1.165, 1.54) is 0 Å². The van der Waals surface area contributed by atoms with Crippen molar-refractivity contribution in [2.24, 2.45) is 5.41 Å². The Morgan fingerprint density at radius 1 is 1.28 bits per heavy atom. The van der Waals surface area contributed by atoms with Gasteiger partial charge in [0.25, 0.3) is 0 Å². The van der Waals surface area contributed by atoms with Crippen LogP contribution in [0.1, 0.15) is 34.1 Å². The van der Waals surface area contributed by atoms with Crippen molar-refractivity contribution in [3.63, 3.8) is 0 Å². The first-order chi connectivity index (χ1) is 8.18. The van der Waals surface area contributed by atoms with Gasteiger partial charge in [0, 0.05) is 6.04 Å². The quantitative estimate of drug-likeness (QED) is 0.692. The largest absolute Gasteiger partial charge is 0.480 e. The lowest BCUT2D eigenvalue weighted by molar-refractivity contribution is -0.141. The van der Waals surface area contributed by atoms with Crippen molar-refractivity contribution >= 4 is 23.8 Å². The summed E-state index contributed by atoms with van der Waals surface area (Å²) < 4.78 is 0. The van der Waals surface area contributed by atoms with Crippen LogP contribution in [-0.4, -0.2) is 41.2 Å². The molecule has 0 aromatic heterocycles. The fourth-order valence-corrected chi connectivity index (χ4v) is 2.00. The van der Waals surface area contributed by atoms with E-state index in [9.17, 15) is 9.59 Å². The van der Waals surface area contributed by atoms with Crippen molar-refractivity contribution in [2.45, 2.75) is 46.2 Å². The van der Waals surface area contributed by atoms with E-state index in [2.05, 4.69) is 10.6 Å². The maximum Gasteiger partial charge on any atom is 0.326 e. The molecule has 0 radical (unpaired) electrons. The van der Waals surface area contributed by atoms with Crippen molar-refractivity contribution < 1.29 is 14.7 Å².